The van der Waals surface area contributed by atoms with Gasteiger partial charge in [-0.25, -0.2) is 4.98 Å². The average molecular weight is 377 g/mol. The van der Waals surface area contributed by atoms with Crippen molar-refractivity contribution in [2.75, 3.05) is 7.11 Å². The maximum atomic E-state index is 12.2. The minimum atomic E-state index is -0.0493. The molecule has 0 spiro atoms. The van der Waals surface area contributed by atoms with Crippen LogP contribution in [0, 0.1) is 0 Å². The number of thioether (sulfide) groups is 1. The van der Waals surface area contributed by atoms with Crippen molar-refractivity contribution in [2.45, 2.75) is 49.7 Å². The lowest BCUT2D eigenvalue weighted by Crippen LogP contribution is -2.37. The number of carbonyl (C=O) groups is 1. The van der Waals surface area contributed by atoms with Crippen LogP contribution in [0.3, 0.4) is 0 Å². The van der Waals surface area contributed by atoms with Gasteiger partial charge in [-0.05, 0) is 44.0 Å². The number of methoxy groups -OCH3 is 1. The van der Waals surface area contributed by atoms with Crippen molar-refractivity contribution in [1.82, 2.24) is 10.3 Å². The van der Waals surface area contributed by atoms with Gasteiger partial charge in [0.25, 0.3) is 0 Å². The number of thiazole rings is 1. The Morgan fingerprint density at radius 1 is 1.36 bits per heavy atom. The largest absolute Gasteiger partial charge is 0.497 e. The van der Waals surface area contributed by atoms with Gasteiger partial charge in [0.2, 0.25) is 5.91 Å². The van der Waals surface area contributed by atoms with Gasteiger partial charge in [-0.2, -0.15) is 0 Å². The molecule has 0 aliphatic heterocycles. The minimum absolute atomic E-state index is 0.0493. The molecule has 6 heteroatoms. The van der Waals surface area contributed by atoms with E-state index in [9.17, 15) is 4.79 Å². The summed E-state index contributed by atoms with van der Waals surface area (Å²) >= 11 is 3.28. The summed E-state index contributed by atoms with van der Waals surface area (Å²) in [5.74, 6) is 1.76. The Kier molecular flexibility index (Phi) is 6.37. The van der Waals surface area contributed by atoms with Crippen LogP contribution in [-0.2, 0) is 10.5 Å². The minimum Gasteiger partial charge on any atom is -0.497 e. The lowest BCUT2D eigenvalue weighted by Gasteiger charge is -2.15. The van der Waals surface area contributed by atoms with Gasteiger partial charge in [-0.1, -0.05) is 12.8 Å². The van der Waals surface area contributed by atoms with Gasteiger partial charge in [0.05, 0.1) is 18.1 Å². The van der Waals surface area contributed by atoms with Crippen LogP contribution in [0.25, 0.3) is 10.6 Å². The number of aromatic nitrogens is 1. The first-order valence-electron chi connectivity index (χ1n) is 8.66. The molecule has 0 saturated heterocycles. The van der Waals surface area contributed by atoms with Crippen LogP contribution in [0.1, 0.15) is 38.3 Å². The maximum Gasteiger partial charge on any atom is 0.233 e. The summed E-state index contributed by atoms with van der Waals surface area (Å²) in [6, 6.07) is 8.32. The topological polar surface area (TPSA) is 51.2 Å². The summed E-state index contributed by atoms with van der Waals surface area (Å²) in [7, 11) is 1.66. The molecule has 4 nitrogen and oxygen atoms in total. The number of benzene rings is 1. The van der Waals surface area contributed by atoms with Crippen LogP contribution in [0.5, 0.6) is 5.75 Å². The van der Waals surface area contributed by atoms with E-state index in [0.29, 0.717) is 6.04 Å². The third-order valence-corrected chi connectivity index (χ3v) is 6.56. The fourth-order valence-corrected chi connectivity index (χ4v) is 4.63. The smallest absolute Gasteiger partial charge is 0.233 e. The van der Waals surface area contributed by atoms with Crippen LogP contribution in [0.2, 0.25) is 0 Å². The van der Waals surface area contributed by atoms with Crippen LogP contribution in [-0.4, -0.2) is 29.3 Å². The highest BCUT2D eigenvalue weighted by Gasteiger charge is 2.21. The van der Waals surface area contributed by atoms with E-state index < -0.39 is 0 Å². The van der Waals surface area contributed by atoms with E-state index in [4.69, 9.17) is 9.72 Å². The third-order valence-electron chi connectivity index (χ3n) is 4.44. The van der Waals surface area contributed by atoms with Gasteiger partial charge in [0.1, 0.15) is 10.8 Å². The number of rotatable bonds is 7. The number of carbonyl (C=O) groups excluding carboxylic acids is 1. The lowest BCUT2D eigenvalue weighted by molar-refractivity contribution is -0.120. The average Bonchev–Trinajstić information content (AvgIpc) is 3.31. The molecule has 0 radical (unpaired) electrons. The predicted molar refractivity (Wildman–Crippen MR) is 105 cm³/mol. The van der Waals surface area contributed by atoms with Gasteiger partial charge in [0.15, 0.2) is 0 Å². The van der Waals surface area contributed by atoms with Gasteiger partial charge < -0.3 is 10.1 Å². The van der Waals surface area contributed by atoms with E-state index in [0.717, 1.165) is 40.6 Å². The number of ether oxygens (including phenoxy) is 1. The first-order valence-corrected chi connectivity index (χ1v) is 10.6. The van der Waals surface area contributed by atoms with Crippen molar-refractivity contribution in [3.05, 3.63) is 35.3 Å². The van der Waals surface area contributed by atoms with Crippen molar-refractivity contribution in [3.8, 4) is 16.3 Å². The number of nitrogens with zero attached hydrogens (tertiary/aromatic N) is 1. The second-order valence-corrected chi connectivity index (χ2v) is 8.50. The van der Waals surface area contributed by atoms with Crippen molar-refractivity contribution < 1.29 is 9.53 Å². The van der Waals surface area contributed by atoms with Gasteiger partial charge in [-0.3, -0.25) is 4.79 Å². The molecule has 1 N–H and O–H groups in total. The van der Waals surface area contributed by atoms with Crippen LogP contribution < -0.4 is 10.1 Å². The van der Waals surface area contributed by atoms with E-state index in [1.54, 1.807) is 30.2 Å². The van der Waals surface area contributed by atoms with Crippen molar-refractivity contribution >= 4 is 29.0 Å². The quantitative estimate of drug-likeness (QED) is 0.773. The van der Waals surface area contributed by atoms with Gasteiger partial charge in [0, 0.05) is 22.7 Å². The number of hydrogen-bond acceptors (Lipinski definition) is 5. The highest BCUT2D eigenvalue weighted by molar-refractivity contribution is 7.99. The molecule has 1 amide bonds. The third kappa shape index (κ3) is 4.98. The summed E-state index contributed by atoms with van der Waals surface area (Å²) in [4.78, 5) is 16.9. The molecule has 1 aliphatic carbocycles. The summed E-state index contributed by atoms with van der Waals surface area (Å²) < 4.78 is 5.19. The van der Waals surface area contributed by atoms with Crippen molar-refractivity contribution in [2.24, 2.45) is 0 Å². The zero-order valence-electron chi connectivity index (χ0n) is 14.7. The molecule has 134 valence electrons. The molecule has 1 saturated carbocycles. The second kappa shape index (κ2) is 8.72. The molecule has 1 unspecified atom stereocenters. The second-order valence-electron chi connectivity index (χ2n) is 6.32. The van der Waals surface area contributed by atoms with E-state index >= 15 is 0 Å². The number of amides is 1. The Morgan fingerprint density at radius 2 is 2.08 bits per heavy atom. The van der Waals surface area contributed by atoms with E-state index in [1.807, 2.05) is 31.2 Å². The molecule has 1 aliphatic rings. The molecule has 25 heavy (non-hydrogen) atoms. The molecule has 3 rings (SSSR count). The van der Waals surface area contributed by atoms with E-state index in [1.165, 1.54) is 12.8 Å². The molecule has 1 heterocycles. The summed E-state index contributed by atoms with van der Waals surface area (Å²) in [6.45, 7) is 1.98. The highest BCUT2D eigenvalue weighted by atomic mass is 32.2. The first-order chi connectivity index (χ1) is 12.2. The molecular weight excluding hydrogens is 352 g/mol. The molecule has 0 bridgehead atoms. The Morgan fingerprint density at radius 3 is 2.76 bits per heavy atom. The van der Waals surface area contributed by atoms with Gasteiger partial charge in [-0.15, -0.1) is 23.1 Å². The zero-order valence-corrected chi connectivity index (χ0v) is 16.3. The Labute approximate surface area is 157 Å². The molecule has 2 aromatic rings. The fraction of sp³-hybridized carbons (Fsp3) is 0.474. The summed E-state index contributed by atoms with van der Waals surface area (Å²) in [6.07, 6.45) is 4.72. The van der Waals surface area contributed by atoms with Crippen LogP contribution in [0.4, 0.5) is 0 Å². The number of hydrogen-bond donors (Lipinski definition) is 1. The molecule has 1 atom stereocenters. The SMILES string of the molecule is COc1ccc(-c2nc(CSC(C)C(=O)NC3CCCC3)cs2)cc1. The molecule has 1 aromatic carbocycles. The lowest BCUT2D eigenvalue weighted by atomic mass is 10.2. The Hall–Kier alpha value is -1.53. The molecule has 1 aromatic heterocycles. The monoisotopic (exact) mass is 376 g/mol. The first kappa shape index (κ1) is 18.3. The molecule has 1 fully saturated rings. The Bertz CT molecular complexity index is 694. The van der Waals surface area contributed by atoms with Crippen LogP contribution in [0.15, 0.2) is 29.6 Å². The zero-order chi connectivity index (χ0) is 17.6. The normalized spacial score (nSPS) is 15.9. The highest BCUT2D eigenvalue weighted by Crippen LogP contribution is 2.28. The van der Waals surface area contributed by atoms with Crippen LogP contribution >= 0.6 is 23.1 Å². The number of nitrogens with one attached hydrogen (secondary N) is 1. The standard InChI is InChI=1S/C19H24N2O2S2/c1-13(18(22)20-15-5-3-4-6-15)24-11-16-12-25-19(21-16)14-7-9-17(23-2)10-8-14/h7-10,12-13,15H,3-6,11H2,1-2H3,(H,20,22). The maximum absolute atomic E-state index is 12.2. The van der Waals surface area contributed by atoms with Crippen molar-refractivity contribution in [1.29, 1.82) is 0 Å². The summed E-state index contributed by atoms with van der Waals surface area (Å²) in [5.41, 5.74) is 2.12. The van der Waals surface area contributed by atoms with E-state index in [2.05, 4.69) is 10.7 Å². The molecular formula is C19H24N2O2S2. The fourth-order valence-electron chi connectivity index (χ4n) is 2.91. The Balaban J connectivity index is 1.51. The summed E-state index contributed by atoms with van der Waals surface area (Å²) in [5, 5.41) is 6.20. The predicted octanol–water partition coefficient (Wildman–Crippen LogP) is 4.50. The van der Waals surface area contributed by atoms with Gasteiger partial charge >= 0.3 is 0 Å². The van der Waals surface area contributed by atoms with Crippen molar-refractivity contribution in [3.63, 3.8) is 0 Å². The van der Waals surface area contributed by atoms with E-state index in [-0.39, 0.29) is 11.2 Å².